The minimum absolute atomic E-state index is 0.0528. The second-order valence-electron chi connectivity index (χ2n) is 7.70. The number of fused-ring (bicyclic) bond motifs is 1. The Morgan fingerprint density at radius 2 is 1.97 bits per heavy atom. The number of hydrogen-bond acceptors (Lipinski definition) is 7. The number of aromatic nitrogens is 1. The van der Waals surface area contributed by atoms with Crippen LogP contribution in [0.25, 0.3) is 10.2 Å². The van der Waals surface area contributed by atoms with E-state index in [2.05, 4.69) is 4.90 Å². The van der Waals surface area contributed by atoms with Crippen molar-refractivity contribution in [1.82, 2.24) is 14.2 Å². The number of nitrogens with zero attached hydrogens (tertiary/aromatic N) is 4. The monoisotopic (exact) mass is 472 g/mol. The Kier molecular flexibility index (Phi) is 6.11. The third-order valence-electron chi connectivity index (χ3n) is 5.73. The van der Waals surface area contributed by atoms with Crippen molar-refractivity contribution in [3.8, 4) is 5.75 Å². The highest BCUT2D eigenvalue weighted by atomic mass is 35.5. The number of piperazine rings is 1. The molecular formula is C19H25ClN4O4S2. The number of sulfonamides is 1. The second kappa shape index (κ2) is 8.49. The summed E-state index contributed by atoms with van der Waals surface area (Å²) in [6, 6.07) is 3.62. The molecule has 2 aliphatic rings. The molecule has 4 rings (SSSR count). The largest absolute Gasteiger partial charge is 0.494 e. The number of rotatable bonds is 4. The van der Waals surface area contributed by atoms with Crippen LogP contribution in [0.15, 0.2) is 12.1 Å². The van der Waals surface area contributed by atoms with Crippen LogP contribution < -0.4 is 9.64 Å². The quantitative estimate of drug-likeness (QED) is 0.678. The normalized spacial score (nSPS) is 21.2. The van der Waals surface area contributed by atoms with Gasteiger partial charge in [0.1, 0.15) is 11.3 Å². The first-order valence-electron chi connectivity index (χ1n) is 9.90. The van der Waals surface area contributed by atoms with Gasteiger partial charge in [-0.2, -0.15) is 0 Å². The number of benzene rings is 1. The van der Waals surface area contributed by atoms with Crippen LogP contribution >= 0.6 is 22.9 Å². The fraction of sp³-hybridized carbons (Fsp3) is 0.579. The molecule has 2 aliphatic heterocycles. The Hall–Kier alpha value is -1.62. The van der Waals surface area contributed by atoms with Crippen LogP contribution in [-0.4, -0.2) is 81.1 Å². The number of anilines is 1. The molecule has 2 saturated heterocycles. The first-order chi connectivity index (χ1) is 14.3. The Morgan fingerprint density at radius 3 is 2.63 bits per heavy atom. The lowest BCUT2D eigenvalue weighted by atomic mass is 9.98. The van der Waals surface area contributed by atoms with Crippen LogP contribution in [0.4, 0.5) is 5.13 Å². The molecule has 0 spiro atoms. The standard InChI is InChI=1S/C19H25ClN4O4S2/c1-28-15-6-5-14(20)17-16(15)21-19(29-17)23-10-8-22(9-11-23)18(25)13-4-3-7-24(12-13)30(2,26)27/h5-6,13H,3-4,7-12H2,1-2H3. The summed E-state index contributed by atoms with van der Waals surface area (Å²) in [6.45, 7) is 3.32. The number of methoxy groups -OCH3 is 1. The Labute approximate surface area is 185 Å². The van der Waals surface area contributed by atoms with E-state index in [1.54, 1.807) is 7.11 Å². The van der Waals surface area contributed by atoms with Gasteiger partial charge in [-0.1, -0.05) is 22.9 Å². The average Bonchev–Trinajstić information content (AvgIpc) is 3.20. The van der Waals surface area contributed by atoms with Gasteiger partial charge in [-0.25, -0.2) is 17.7 Å². The van der Waals surface area contributed by atoms with Crippen molar-refractivity contribution in [3.63, 3.8) is 0 Å². The molecular weight excluding hydrogens is 448 g/mol. The van der Waals surface area contributed by atoms with Crippen molar-refractivity contribution >= 4 is 54.2 Å². The van der Waals surface area contributed by atoms with Gasteiger partial charge in [-0.05, 0) is 25.0 Å². The molecule has 2 aromatic rings. The molecule has 164 valence electrons. The van der Waals surface area contributed by atoms with Crippen molar-refractivity contribution < 1.29 is 17.9 Å². The molecule has 0 N–H and O–H groups in total. The number of carbonyl (C=O) groups is 1. The van der Waals surface area contributed by atoms with Crippen molar-refractivity contribution in [3.05, 3.63) is 17.2 Å². The summed E-state index contributed by atoms with van der Waals surface area (Å²) in [4.78, 5) is 21.7. The van der Waals surface area contributed by atoms with E-state index in [1.165, 1.54) is 21.9 Å². The molecule has 0 saturated carbocycles. The Balaban J connectivity index is 1.42. The highest BCUT2D eigenvalue weighted by Crippen LogP contribution is 2.39. The van der Waals surface area contributed by atoms with Gasteiger partial charge in [0.25, 0.3) is 0 Å². The molecule has 1 aromatic heterocycles. The van der Waals surface area contributed by atoms with E-state index in [0.29, 0.717) is 43.5 Å². The van der Waals surface area contributed by atoms with Crippen LogP contribution in [0.2, 0.25) is 5.02 Å². The highest BCUT2D eigenvalue weighted by molar-refractivity contribution is 7.88. The summed E-state index contributed by atoms with van der Waals surface area (Å²) in [7, 11) is -1.65. The molecule has 0 bridgehead atoms. The lowest BCUT2D eigenvalue weighted by Crippen LogP contribution is -2.53. The molecule has 0 aliphatic carbocycles. The van der Waals surface area contributed by atoms with Crippen LogP contribution in [0.3, 0.4) is 0 Å². The summed E-state index contributed by atoms with van der Waals surface area (Å²) in [5, 5.41) is 1.51. The minimum atomic E-state index is -3.26. The van der Waals surface area contributed by atoms with Crippen LogP contribution in [-0.2, 0) is 14.8 Å². The van der Waals surface area contributed by atoms with E-state index in [4.69, 9.17) is 21.3 Å². The topological polar surface area (TPSA) is 83.0 Å². The first-order valence-corrected chi connectivity index (χ1v) is 12.9. The maximum atomic E-state index is 13.0. The Morgan fingerprint density at radius 1 is 1.23 bits per heavy atom. The van der Waals surface area contributed by atoms with Crippen LogP contribution in [0.1, 0.15) is 12.8 Å². The van der Waals surface area contributed by atoms with Gasteiger partial charge in [0.05, 0.1) is 29.0 Å². The molecule has 8 nitrogen and oxygen atoms in total. The summed E-state index contributed by atoms with van der Waals surface area (Å²) in [5.41, 5.74) is 0.756. The molecule has 30 heavy (non-hydrogen) atoms. The van der Waals surface area contributed by atoms with E-state index in [-0.39, 0.29) is 18.4 Å². The van der Waals surface area contributed by atoms with Crippen molar-refractivity contribution in [1.29, 1.82) is 0 Å². The van der Waals surface area contributed by atoms with Gasteiger partial charge in [-0.3, -0.25) is 4.79 Å². The van der Waals surface area contributed by atoms with E-state index in [0.717, 1.165) is 28.2 Å². The molecule has 0 radical (unpaired) electrons. The first kappa shape index (κ1) is 21.6. The zero-order valence-corrected chi connectivity index (χ0v) is 19.4. The Bertz CT molecular complexity index is 1050. The number of hydrogen-bond donors (Lipinski definition) is 0. The number of piperidine rings is 1. The summed E-state index contributed by atoms with van der Waals surface area (Å²) in [6.07, 6.45) is 2.66. The predicted octanol–water partition coefficient (Wildman–Crippen LogP) is 2.28. The SMILES string of the molecule is COc1ccc(Cl)c2sc(N3CCN(C(=O)C4CCCN(S(C)(=O)=O)C4)CC3)nc12. The molecule has 3 heterocycles. The lowest BCUT2D eigenvalue weighted by Gasteiger charge is -2.38. The smallest absolute Gasteiger partial charge is 0.227 e. The van der Waals surface area contributed by atoms with Gasteiger partial charge in [0.15, 0.2) is 5.13 Å². The van der Waals surface area contributed by atoms with E-state index < -0.39 is 10.0 Å². The zero-order chi connectivity index (χ0) is 21.5. The number of carbonyl (C=O) groups excluding carboxylic acids is 1. The van der Waals surface area contributed by atoms with Crippen LogP contribution in [0.5, 0.6) is 5.75 Å². The summed E-state index contributed by atoms with van der Waals surface area (Å²) < 4.78 is 31.4. The van der Waals surface area contributed by atoms with Gasteiger partial charge < -0.3 is 14.5 Å². The number of amides is 1. The summed E-state index contributed by atoms with van der Waals surface area (Å²) in [5.74, 6) is 0.487. The van der Waals surface area contributed by atoms with E-state index >= 15 is 0 Å². The van der Waals surface area contributed by atoms with Gasteiger partial charge in [0, 0.05) is 39.3 Å². The fourth-order valence-electron chi connectivity index (χ4n) is 4.06. The van der Waals surface area contributed by atoms with E-state index in [1.807, 2.05) is 17.0 Å². The summed E-state index contributed by atoms with van der Waals surface area (Å²) >= 11 is 7.86. The molecule has 1 aromatic carbocycles. The van der Waals surface area contributed by atoms with Gasteiger partial charge >= 0.3 is 0 Å². The molecule has 1 atom stereocenters. The number of thiazole rings is 1. The maximum Gasteiger partial charge on any atom is 0.227 e. The van der Waals surface area contributed by atoms with Crippen molar-refractivity contribution in [2.24, 2.45) is 5.92 Å². The minimum Gasteiger partial charge on any atom is -0.494 e. The molecule has 1 amide bonds. The molecule has 1 unspecified atom stereocenters. The third kappa shape index (κ3) is 4.23. The van der Waals surface area contributed by atoms with E-state index in [9.17, 15) is 13.2 Å². The van der Waals surface area contributed by atoms with Crippen molar-refractivity contribution in [2.45, 2.75) is 12.8 Å². The van der Waals surface area contributed by atoms with Gasteiger partial charge in [0.2, 0.25) is 15.9 Å². The molecule has 11 heteroatoms. The van der Waals surface area contributed by atoms with Crippen LogP contribution in [0, 0.1) is 5.92 Å². The molecule has 2 fully saturated rings. The van der Waals surface area contributed by atoms with Gasteiger partial charge in [-0.15, -0.1) is 0 Å². The maximum absolute atomic E-state index is 13.0. The lowest BCUT2D eigenvalue weighted by molar-refractivity contribution is -0.137. The predicted molar refractivity (Wildman–Crippen MR) is 119 cm³/mol. The van der Waals surface area contributed by atoms with Crippen molar-refractivity contribution in [2.75, 3.05) is 57.5 Å². The fourth-order valence-corrected chi connectivity index (χ4v) is 6.28. The highest BCUT2D eigenvalue weighted by Gasteiger charge is 2.34. The number of ether oxygens (including phenoxy) is 1. The second-order valence-corrected chi connectivity index (χ2v) is 11.1. The third-order valence-corrected chi connectivity index (χ3v) is 8.58. The number of halogens is 1. The average molecular weight is 473 g/mol. The zero-order valence-electron chi connectivity index (χ0n) is 17.0.